The summed E-state index contributed by atoms with van der Waals surface area (Å²) in [4.78, 5) is 0. The van der Waals surface area contributed by atoms with E-state index in [9.17, 15) is 0 Å². The summed E-state index contributed by atoms with van der Waals surface area (Å²) in [5, 5.41) is 9.98. The maximum Gasteiger partial charge on any atom is 0.143 e. The van der Waals surface area contributed by atoms with Gasteiger partial charge in [-0.25, -0.2) is 0 Å². The largest absolute Gasteiger partial charge is 0.455 e. The molecule has 0 amide bonds. The molecule has 10 rings (SSSR count). The quantitative estimate of drug-likeness (QED) is 0.197. The van der Waals surface area contributed by atoms with Crippen molar-refractivity contribution in [1.82, 2.24) is 0 Å². The number of fused-ring (bicyclic) bond motifs is 9. The van der Waals surface area contributed by atoms with E-state index in [2.05, 4.69) is 146 Å². The third-order valence-electron chi connectivity index (χ3n) is 9.42. The van der Waals surface area contributed by atoms with Gasteiger partial charge in [-0.1, -0.05) is 127 Å². The third-order valence-corrected chi connectivity index (χ3v) is 9.42. The molecule has 1 aliphatic carbocycles. The van der Waals surface area contributed by atoms with Crippen LogP contribution in [0, 0.1) is 0 Å². The molecule has 43 heavy (non-hydrogen) atoms. The molecule has 198 valence electrons. The molecule has 0 atom stereocenters. The second kappa shape index (κ2) is 8.44. The van der Waals surface area contributed by atoms with Crippen LogP contribution in [0.15, 0.2) is 150 Å². The van der Waals surface area contributed by atoms with E-state index in [-0.39, 0.29) is 0 Å². The Morgan fingerprint density at radius 1 is 0.326 bits per heavy atom. The molecule has 1 heterocycles. The molecular weight excluding hydrogens is 520 g/mol. The van der Waals surface area contributed by atoms with Crippen molar-refractivity contribution in [1.29, 1.82) is 0 Å². The minimum Gasteiger partial charge on any atom is -0.455 e. The molecule has 1 nitrogen and oxygen atoms in total. The third kappa shape index (κ3) is 3.17. The molecule has 0 saturated heterocycles. The summed E-state index contributed by atoms with van der Waals surface area (Å²) in [5.74, 6) is 0. The summed E-state index contributed by atoms with van der Waals surface area (Å²) < 4.78 is 6.64. The molecule has 0 spiro atoms. The zero-order chi connectivity index (χ0) is 28.1. The second-order valence-corrected chi connectivity index (χ2v) is 11.7. The van der Waals surface area contributed by atoms with Crippen molar-refractivity contribution < 1.29 is 4.42 Å². The van der Waals surface area contributed by atoms with Crippen molar-refractivity contribution in [3.63, 3.8) is 0 Å². The SMILES string of the molecule is c1ccc2c(c1)-c1cccc3c(-c4cccc5c4oc4ccc(-c6ccc7ccc8ccccc8c7c6)cc45)ccc-2c13. The Bertz CT molecular complexity index is 2590. The lowest BCUT2D eigenvalue weighted by molar-refractivity contribution is 0.670. The van der Waals surface area contributed by atoms with Crippen LogP contribution >= 0.6 is 0 Å². The summed E-state index contributed by atoms with van der Waals surface area (Å²) in [7, 11) is 0. The zero-order valence-corrected chi connectivity index (χ0v) is 23.3. The number of benzene rings is 8. The molecule has 0 bridgehead atoms. The second-order valence-electron chi connectivity index (χ2n) is 11.7. The van der Waals surface area contributed by atoms with Gasteiger partial charge >= 0.3 is 0 Å². The smallest absolute Gasteiger partial charge is 0.143 e. The molecule has 9 aromatic rings. The predicted octanol–water partition coefficient (Wildman–Crippen LogP) is 12.0. The highest BCUT2D eigenvalue weighted by molar-refractivity contribution is 6.21. The van der Waals surface area contributed by atoms with Gasteiger partial charge in [0.05, 0.1) is 0 Å². The first-order chi connectivity index (χ1) is 21.3. The standard InChI is InChI=1S/C42H24O/c1-2-8-29-25(7-1)15-16-26-17-18-27(23-38(26)29)28-19-22-40-39(24-28)37-14-6-13-36(42(37)43-40)32-20-21-35-31-10-4-3-9-30(31)33-11-5-12-34(32)41(33)35/h1-24H. The van der Waals surface area contributed by atoms with Crippen LogP contribution in [0.3, 0.4) is 0 Å². The van der Waals surface area contributed by atoms with Gasteiger partial charge in [-0.15, -0.1) is 0 Å². The van der Waals surface area contributed by atoms with Crippen LogP contribution in [0.4, 0.5) is 0 Å². The molecule has 0 fully saturated rings. The summed E-state index contributed by atoms with van der Waals surface area (Å²) >= 11 is 0. The fourth-order valence-corrected chi connectivity index (χ4v) is 7.42. The molecule has 1 aliphatic rings. The van der Waals surface area contributed by atoms with E-state index < -0.39 is 0 Å². The van der Waals surface area contributed by atoms with Crippen LogP contribution in [0.2, 0.25) is 0 Å². The summed E-state index contributed by atoms with van der Waals surface area (Å²) in [6.07, 6.45) is 0. The molecule has 1 heteroatoms. The van der Waals surface area contributed by atoms with Crippen molar-refractivity contribution >= 4 is 54.3 Å². The maximum absolute atomic E-state index is 6.64. The van der Waals surface area contributed by atoms with Crippen LogP contribution in [0.25, 0.3) is 98.8 Å². The summed E-state index contributed by atoms with van der Waals surface area (Å²) in [6.45, 7) is 0. The van der Waals surface area contributed by atoms with E-state index in [4.69, 9.17) is 4.42 Å². The number of rotatable bonds is 2. The highest BCUT2D eigenvalue weighted by Gasteiger charge is 2.23. The predicted molar refractivity (Wildman–Crippen MR) is 182 cm³/mol. The van der Waals surface area contributed by atoms with Crippen LogP contribution in [-0.2, 0) is 0 Å². The van der Waals surface area contributed by atoms with Crippen molar-refractivity contribution in [3.8, 4) is 44.5 Å². The van der Waals surface area contributed by atoms with E-state index in [1.165, 1.54) is 71.3 Å². The van der Waals surface area contributed by atoms with Crippen molar-refractivity contribution in [2.75, 3.05) is 0 Å². The first kappa shape index (κ1) is 23.0. The van der Waals surface area contributed by atoms with Crippen LogP contribution in [0.1, 0.15) is 0 Å². The van der Waals surface area contributed by atoms with Gasteiger partial charge in [0.15, 0.2) is 0 Å². The van der Waals surface area contributed by atoms with Crippen molar-refractivity contribution in [3.05, 3.63) is 146 Å². The van der Waals surface area contributed by atoms with Gasteiger partial charge in [-0.05, 0) is 89.5 Å². The normalized spacial score (nSPS) is 12.2. The van der Waals surface area contributed by atoms with E-state index in [0.717, 1.165) is 27.5 Å². The van der Waals surface area contributed by atoms with E-state index >= 15 is 0 Å². The molecule has 0 radical (unpaired) electrons. The molecular formula is C42H24O. The number of hydrogen-bond donors (Lipinski definition) is 0. The molecule has 1 aromatic heterocycles. The van der Waals surface area contributed by atoms with Gasteiger partial charge in [0.1, 0.15) is 11.2 Å². The fraction of sp³-hybridized carbons (Fsp3) is 0. The van der Waals surface area contributed by atoms with Gasteiger partial charge in [0.25, 0.3) is 0 Å². The maximum atomic E-state index is 6.64. The minimum atomic E-state index is 0.913. The molecule has 8 aromatic carbocycles. The minimum absolute atomic E-state index is 0.913. The lowest BCUT2D eigenvalue weighted by Crippen LogP contribution is -1.84. The van der Waals surface area contributed by atoms with Crippen LogP contribution < -0.4 is 0 Å². The molecule has 0 unspecified atom stereocenters. The molecule has 0 saturated carbocycles. The van der Waals surface area contributed by atoms with E-state index in [1.807, 2.05) is 0 Å². The number of hydrogen-bond acceptors (Lipinski definition) is 1. The monoisotopic (exact) mass is 544 g/mol. The highest BCUT2D eigenvalue weighted by Crippen LogP contribution is 2.50. The average Bonchev–Trinajstić information content (AvgIpc) is 3.61. The Kier molecular flexibility index (Phi) is 4.51. The first-order valence-corrected chi connectivity index (χ1v) is 14.8. The lowest BCUT2D eigenvalue weighted by Gasteiger charge is -2.10. The average molecular weight is 545 g/mol. The van der Waals surface area contributed by atoms with Crippen LogP contribution in [-0.4, -0.2) is 0 Å². The Morgan fingerprint density at radius 2 is 0.907 bits per heavy atom. The Hall–Kier alpha value is -5.66. The first-order valence-electron chi connectivity index (χ1n) is 14.8. The van der Waals surface area contributed by atoms with Gasteiger partial charge in [-0.3, -0.25) is 0 Å². The number of furan rings is 1. The topological polar surface area (TPSA) is 13.1 Å². The highest BCUT2D eigenvalue weighted by atomic mass is 16.3. The van der Waals surface area contributed by atoms with E-state index in [1.54, 1.807) is 0 Å². The zero-order valence-electron chi connectivity index (χ0n) is 23.3. The Balaban J connectivity index is 1.17. The van der Waals surface area contributed by atoms with Gasteiger partial charge in [-0.2, -0.15) is 0 Å². The Morgan fingerprint density at radius 3 is 1.77 bits per heavy atom. The van der Waals surface area contributed by atoms with Gasteiger partial charge in [0.2, 0.25) is 0 Å². The lowest BCUT2D eigenvalue weighted by atomic mass is 9.93. The van der Waals surface area contributed by atoms with Crippen molar-refractivity contribution in [2.45, 2.75) is 0 Å². The van der Waals surface area contributed by atoms with Crippen LogP contribution in [0.5, 0.6) is 0 Å². The Labute approximate surface area is 248 Å². The summed E-state index contributed by atoms with van der Waals surface area (Å²) in [6, 6.07) is 53.0. The van der Waals surface area contributed by atoms with Crippen molar-refractivity contribution in [2.24, 2.45) is 0 Å². The van der Waals surface area contributed by atoms with Gasteiger partial charge < -0.3 is 4.42 Å². The molecule has 0 aliphatic heterocycles. The summed E-state index contributed by atoms with van der Waals surface area (Å²) in [5.41, 5.74) is 11.9. The molecule has 0 N–H and O–H groups in total. The number of para-hydroxylation sites is 1. The van der Waals surface area contributed by atoms with Gasteiger partial charge in [0, 0.05) is 16.3 Å². The fourth-order valence-electron chi connectivity index (χ4n) is 7.42. The van der Waals surface area contributed by atoms with E-state index in [0.29, 0.717) is 0 Å².